The van der Waals surface area contributed by atoms with Crippen LogP contribution in [0.15, 0.2) is 24.3 Å². The Morgan fingerprint density at radius 2 is 2.00 bits per heavy atom. The molecule has 3 heteroatoms. The highest BCUT2D eigenvalue weighted by Gasteiger charge is 2.15. The van der Waals surface area contributed by atoms with Crippen LogP contribution in [-0.4, -0.2) is 10.9 Å². The first-order valence-corrected chi connectivity index (χ1v) is 6.44. The highest BCUT2D eigenvalue weighted by molar-refractivity contribution is 6.00. The van der Waals surface area contributed by atoms with Gasteiger partial charge in [-0.25, -0.2) is 4.39 Å². The maximum Gasteiger partial charge on any atom is 0.165 e. The number of halogens is 1. The van der Waals surface area contributed by atoms with Crippen LogP contribution in [0, 0.1) is 5.82 Å². The van der Waals surface area contributed by atoms with Gasteiger partial charge in [-0.3, -0.25) is 4.79 Å². The number of hydrogen-bond donors (Lipinski definition) is 1. The minimum Gasteiger partial charge on any atom is -0.508 e. The fraction of sp³-hybridized carbons (Fsp3) is 0.312. The van der Waals surface area contributed by atoms with Crippen LogP contribution in [0.4, 0.5) is 4.39 Å². The van der Waals surface area contributed by atoms with Crippen LogP contribution in [0.1, 0.15) is 49.0 Å². The first-order chi connectivity index (χ1) is 8.95. The van der Waals surface area contributed by atoms with Gasteiger partial charge in [0.2, 0.25) is 0 Å². The second-order valence-electron chi connectivity index (χ2n) is 4.99. The Hall–Kier alpha value is -1.90. The number of phenols is 1. The lowest BCUT2D eigenvalue weighted by Crippen LogP contribution is -2.01. The normalized spacial score (nSPS) is 11.2. The van der Waals surface area contributed by atoms with Crippen LogP contribution in [0.2, 0.25) is 0 Å². The lowest BCUT2D eigenvalue weighted by Gasteiger charge is -2.11. The number of rotatable bonds is 3. The van der Waals surface area contributed by atoms with Gasteiger partial charge < -0.3 is 5.11 Å². The molecule has 0 saturated heterocycles. The average Bonchev–Trinajstić information content (AvgIpc) is 2.38. The summed E-state index contributed by atoms with van der Waals surface area (Å²) in [6.45, 7) is 5.63. The lowest BCUT2D eigenvalue weighted by atomic mass is 9.95. The number of carbonyl (C=O) groups excluding carboxylic acids is 1. The molecular weight excluding hydrogens is 243 g/mol. The van der Waals surface area contributed by atoms with E-state index in [2.05, 4.69) is 0 Å². The Balaban J connectivity index is 2.71. The molecule has 0 aromatic heterocycles. The quantitative estimate of drug-likeness (QED) is 0.830. The van der Waals surface area contributed by atoms with Gasteiger partial charge in [-0.2, -0.15) is 0 Å². The Bertz CT molecular complexity index is 645. The number of hydrogen-bond acceptors (Lipinski definition) is 2. The zero-order chi connectivity index (χ0) is 14.2. The van der Waals surface area contributed by atoms with Gasteiger partial charge in [0, 0.05) is 11.8 Å². The van der Waals surface area contributed by atoms with Crippen LogP contribution in [0.5, 0.6) is 5.75 Å². The third-order valence-electron chi connectivity index (χ3n) is 3.34. The van der Waals surface area contributed by atoms with Crippen LogP contribution >= 0.6 is 0 Å². The molecule has 0 amide bonds. The van der Waals surface area contributed by atoms with Gasteiger partial charge in [0.1, 0.15) is 11.6 Å². The Kier molecular flexibility index (Phi) is 3.56. The molecule has 0 saturated carbocycles. The van der Waals surface area contributed by atoms with E-state index in [1.54, 1.807) is 19.1 Å². The summed E-state index contributed by atoms with van der Waals surface area (Å²) in [6.07, 6.45) is 0.262. The summed E-state index contributed by atoms with van der Waals surface area (Å²) in [4.78, 5) is 11.6. The molecule has 0 fully saturated rings. The molecule has 0 spiro atoms. The first kappa shape index (κ1) is 13.5. The van der Waals surface area contributed by atoms with Crippen molar-refractivity contribution in [3.8, 4) is 5.75 Å². The summed E-state index contributed by atoms with van der Waals surface area (Å²) < 4.78 is 14.3. The smallest absolute Gasteiger partial charge is 0.165 e. The fourth-order valence-corrected chi connectivity index (χ4v) is 2.21. The van der Waals surface area contributed by atoms with Gasteiger partial charge in [-0.15, -0.1) is 0 Å². The number of aromatic hydroxyl groups is 1. The SMILES string of the molecule is CCC(=O)c1ccc2cc(C(C)C)c(O)cc2c1F. The molecule has 0 atom stereocenters. The van der Waals surface area contributed by atoms with E-state index in [0.717, 1.165) is 5.56 Å². The van der Waals surface area contributed by atoms with E-state index in [-0.39, 0.29) is 29.4 Å². The molecule has 2 nitrogen and oxygen atoms in total. The van der Waals surface area contributed by atoms with Gasteiger partial charge in [0.05, 0.1) is 5.56 Å². The van der Waals surface area contributed by atoms with E-state index in [1.807, 2.05) is 13.8 Å². The summed E-state index contributed by atoms with van der Waals surface area (Å²) in [7, 11) is 0. The Morgan fingerprint density at radius 3 is 2.58 bits per heavy atom. The molecule has 0 unspecified atom stereocenters. The van der Waals surface area contributed by atoms with Gasteiger partial charge in [-0.05, 0) is 35.1 Å². The minimum atomic E-state index is -0.546. The Labute approximate surface area is 111 Å². The largest absolute Gasteiger partial charge is 0.508 e. The molecule has 0 aliphatic rings. The summed E-state index contributed by atoms with van der Waals surface area (Å²) in [5.74, 6) is -0.548. The van der Waals surface area contributed by atoms with Crippen molar-refractivity contribution in [3.05, 3.63) is 41.2 Å². The molecule has 0 aliphatic carbocycles. The number of Topliss-reactive ketones (excluding diaryl/α,β-unsaturated/α-hetero) is 1. The van der Waals surface area contributed by atoms with Gasteiger partial charge in [0.15, 0.2) is 5.78 Å². The molecule has 2 aromatic rings. The lowest BCUT2D eigenvalue weighted by molar-refractivity contribution is 0.0984. The highest BCUT2D eigenvalue weighted by atomic mass is 19.1. The second-order valence-corrected chi connectivity index (χ2v) is 4.99. The average molecular weight is 260 g/mol. The van der Waals surface area contributed by atoms with Gasteiger partial charge in [-0.1, -0.05) is 26.8 Å². The Morgan fingerprint density at radius 1 is 1.32 bits per heavy atom. The molecule has 100 valence electrons. The molecule has 0 bridgehead atoms. The molecule has 0 heterocycles. The van der Waals surface area contributed by atoms with Gasteiger partial charge in [0.25, 0.3) is 0 Å². The monoisotopic (exact) mass is 260 g/mol. The number of carbonyl (C=O) groups is 1. The molecule has 0 aliphatic heterocycles. The third-order valence-corrected chi connectivity index (χ3v) is 3.34. The minimum absolute atomic E-state index is 0.0718. The first-order valence-electron chi connectivity index (χ1n) is 6.44. The molecular formula is C16H17FO2. The third kappa shape index (κ3) is 2.33. The van der Waals surface area contributed by atoms with Crippen LogP contribution in [0.3, 0.4) is 0 Å². The highest BCUT2D eigenvalue weighted by Crippen LogP contribution is 2.32. The molecule has 1 N–H and O–H groups in total. The number of ketones is 1. The zero-order valence-corrected chi connectivity index (χ0v) is 11.3. The summed E-state index contributed by atoms with van der Waals surface area (Å²) in [5, 5.41) is 10.9. The van der Waals surface area contributed by atoms with Crippen molar-refractivity contribution in [2.75, 3.05) is 0 Å². The van der Waals surface area contributed by atoms with Crippen molar-refractivity contribution in [1.29, 1.82) is 0 Å². The van der Waals surface area contributed by atoms with E-state index in [0.29, 0.717) is 10.8 Å². The maximum atomic E-state index is 14.3. The van der Waals surface area contributed by atoms with Crippen molar-refractivity contribution in [2.24, 2.45) is 0 Å². The van der Waals surface area contributed by atoms with Crippen molar-refractivity contribution >= 4 is 16.6 Å². The molecule has 2 aromatic carbocycles. The number of fused-ring (bicyclic) bond motifs is 1. The molecule has 19 heavy (non-hydrogen) atoms. The predicted octanol–water partition coefficient (Wildman–Crippen LogP) is 4.40. The summed E-state index contributed by atoms with van der Waals surface area (Å²) in [5.41, 5.74) is 0.869. The van der Waals surface area contributed by atoms with E-state index in [9.17, 15) is 14.3 Å². The summed E-state index contributed by atoms with van der Waals surface area (Å²) >= 11 is 0. The van der Waals surface area contributed by atoms with E-state index in [4.69, 9.17) is 0 Å². The predicted molar refractivity (Wildman–Crippen MR) is 74.3 cm³/mol. The van der Waals surface area contributed by atoms with E-state index < -0.39 is 5.82 Å². The molecule has 2 rings (SSSR count). The second kappa shape index (κ2) is 5.00. The number of phenolic OH excluding ortho intramolecular Hbond substituents is 1. The maximum absolute atomic E-state index is 14.3. The topological polar surface area (TPSA) is 37.3 Å². The molecule has 0 radical (unpaired) electrons. The van der Waals surface area contributed by atoms with Crippen LogP contribution in [-0.2, 0) is 0 Å². The zero-order valence-electron chi connectivity index (χ0n) is 11.3. The van der Waals surface area contributed by atoms with E-state index >= 15 is 0 Å². The van der Waals surface area contributed by atoms with Crippen molar-refractivity contribution in [1.82, 2.24) is 0 Å². The van der Waals surface area contributed by atoms with Crippen LogP contribution < -0.4 is 0 Å². The number of benzene rings is 2. The summed E-state index contributed by atoms with van der Waals surface area (Å²) in [6, 6.07) is 6.43. The fourth-order valence-electron chi connectivity index (χ4n) is 2.21. The van der Waals surface area contributed by atoms with Crippen molar-refractivity contribution in [2.45, 2.75) is 33.1 Å². The van der Waals surface area contributed by atoms with E-state index in [1.165, 1.54) is 12.1 Å². The van der Waals surface area contributed by atoms with Crippen LogP contribution in [0.25, 0.3) is 10.8 Å². The van der Waals surface area contributed by atoms with Gasteiger partial charge >= 0.3 is 0 Å². The standard InChI is InChI=1S/C16H17FO2/c1-4-14(18)11-6-5-10-7-12(9(2)3)15(19)8-13(10)16(11)17/h5-9,19H,4H2,1-3H3. The van der Waals surface area contributed by atoms with Crippen molar-refractivity contribution in [3.63, 3.8) is 0 Å². The van der Waals surface area contributed by atoms with Crippen molar-refractivity contribution < 1.29 is 14.3 Å².